The van der Waals surface area contributed by atoms with Crippen molar-refractivity contribution in [2.24, 2.45) is 0 Å². The number of imidazole rings is 1. The fraction of sp³-hybridized carbons (Fsp3) is 0.0500. The van der Waals surface area contributed by atoms with Gasteiger partial charge in [0.1, 0.15) is 5.69 Å². The van der Waals surface area contributed by atoms with Gasteiger partial charge in [-0.05, 0) is 36.4 Å². The normalized spacial score (nSPS) is 10.5. The lowest BCUT2D eigenvalue weighted by atomic mass is 10.2. The summed E-state index contributed by atoms with van der Waals surface area (Å²) in [6.45, 7) is 0. The molecule has 1 aromatic carbocycles. The first-order valence-corrected chi connectivity index (χ1v) is 8.19. The number of anilines is 1. The first-order chi connectivity index (χ1) is 13.2. The molecule has 0 spiro atoms. The minimum atomic E-state index is -0.257. The quantitative estimate of drug-likeness (QED) is 0.564. The van der Waals surface area contributed by atoms with Crippen LogP contribution in [0.2, 0.25) is 0 Å². The largest absolute Gasteiger partial charge is 0.310 e. The van der Waals surface area contributed by atoms with Crippen LogP contribution >= 0.6 is 0 Å². The molecule has 0 radical (unpaired) electrons. The molecular formula is C20H14N6O. The van der Waals surface area contributed by atoms with Gasteiger partial charge >= 0.3 is 0 Å². The Labute approximate surface area is 155 Å². The van der Waals surface area contributed by atoms with Gasteiger partial charge in [0.2, 0.25) is 0 Å². The molecule has 4 rings (SSSR count). The molecule has 3 heterocycles. The molecule has 0 bridgehead atoms. The number of benzene rings is 1. The van der Waals surface area contributed by atoms with Crippen LogP contribution in [0.3, 0.4) is 0 Å². The average Bonchev–Trinajstić information content (AvgIpc) is 3.16. The summed E-state index contributed by atoms with van der Waals surface area (Å²) < 4.78 is 1.82. The molecule has 0 saturated carbocycles. The highest BCUT2D eigenvalue weighted by Crippen LogP contribution is 2.21. The van der Waals surface area contributed by atoms with Gasteiger partial charge in [0.15, 0.2) is 5.65 Å². The SMILES string of the molecule is CN(C(=O)c1cn2c(-c3cccnc3)cnc2cn1)c1ccc(C#N)cc1. The predicted molar refractivity (Wildman–Crippen MR) is 100 cm³/mol. The molecule has 4 aromatic rings. The molecule has 0 atom stereocenters. The second kappa shape index (κ2) is 6.69. The third-order valence-electron chi connectivity index (χ3n) is 4.26. The summed E-state index contributed by atoms with van der Waals surface area (Å²) in [6, 6.07) is 12.6. The van der Waals surface area contributed by atoms with E-state index in [1.54, 1.807) is 62.3 Å². The second-order valence-corrected chi connectivity index (χ2v) is 5.91. The topological polar surface area (TPSA) is 87.2 Å². The Kier molecular flexibility index (Phi) is 4.07. The minimum absolute atomic E-state index is 0.257. The summed E-state index contributed by atoms with van der Waals surface area (Å²) in [7, 11) is 1.67. The van der Waals surface area contributed by atoms with Gasteiger partial charge in [-0.1, -0.05) is 0 Å². The van der Waals surface area contributed by atoms with Crippen LogP contribution in [-0.4, -0.2) is 32.3 Å². The predicted octanol–water partition coefficient (Wildman–Crippen LogP) is 2.94. The third-order valence-corrected chi connectivity index (χ3v) is 4.26. The molecule has 27 heavy (non-hydrogen) atoms. The van der Waals surface area contributed by atoms with Crippen molar-refractivity contribution >= 4 is 17.2 Å². The van der Waals surface area contributed by atoms with Crippen molar-refractivity contribution in [2.75, 3.05) is 11.9 Å². The number of carbonyl (C=O) groups is 1. The molecule has 0 N–H and O–H groups in total. The van der Waals surface area contributed by atoms with E-state index in [-0.39, 0.29) is 11.6 Å². The molecule has 1 amide bonds. The lowest BCUT2D eigenvalue weighted by Gasteiger charge is -2.17. The lowest BCUT2D eigenvalue weighted by Crippen LogP contribution is -2.27. The van der Waals surface area contributed by atoms with Crippen LogP contribution in [0.4, 0.5) is 5.69 Å². The fourth-order valence-electron chi connectivity index (χ4n) is 2.78. The Balaban J connectivity index is 1.70. The average molecular weight is 354 g/mol. The number of aromatic nitrogens is 4. The van der Waals surface area contributed by atoms with Crippen LogP contribution in [0, 0.1) is 11.3 Å². The number of nitrogens with zero attached hydrogens (tertiary/aromatic N) is 6. The highest BCUT2D eigenvalue weighted by molar-refractivity contribution is 6.04. The summed E-state index contributed by atoms with van der Waals surface area (Å²) >= 11 is 0. The zero-order chi connectivity index (χ0) is 18.8. The number of nitriles is 1. The number of carbonyl (C=O) groups excluding carboxylic acids is 1. The van der Waals surface area contributed by atoms with Crippen LogP contribution in [0.5, 0.6) is 0 Å². The zero-order valence-corrected chi connectivity index (χ0v) is 14.4. The van der Waals surface area contributed by atoms with Gasteiger partial charge < -0.3 is 4.90 Å². The van der Waals surface area contributed by atoms with Crippen molar-refractivity contribution in [1.29, 1.82) is 5.26 Å². The standard InChI is InChI=1S/C20H14N6O/c1-25(16-6-4-14(9-21)5-7-16)20(27)17-13-26-18(11-24-19(26)12-23-17)15-3-2-8-22-10-15/h2-8,10-13H,1H3. The molecule has 0 fully saturated rings. The van der Waals surface area contributed by atoms with Crippen molar-refractivity contribution in [3.63, 3.8) is 0 Å². The van der Waals surface area contributed by atoms with Gasteiger partial charge in [0.05, 0.1) is 29.7 Å². The van der Waals surface area contributed by atoms with E-state index in [1.807, 2.05) is 16.5 Å². The molecule has 130 valence electrons. The van der Waals surface area contributed by atoms with Gasteiger partial charge in [-0.25, -0.2) is 9.97 Å². The third kappa shape index (κ3) is 3.00. The van der Waals surface area contributed by atoms with Crippen molar-refractivity contribution in [2.45, 2.75) is 0 Å². The van der Waals surface area contributed by atoms with Gasteiger partial charge in [0.25, 0.3) is 5.91 Å². The Morgan fingerprint density at radius 2 is 1.93 bits per heavy atom. The van der Waals surface area contributed by atoms with E-state index < -0.39 is 0 Å². The van der Waals surface area contributed by atoms with Crippen molar-refractivity contribution < 1.29 is 4.79 Å². The van der Waals surface area contributed by atoms with E-state index in [4.69, 9.17) is 5.26 Å². The van der Waals surface area contributed by atoms with Crippen LogP contribution in [0.1, 0.15) is 16.1 Å². The fourth-order valence-corrected chi connectivity index (χ4v) is 2.78. The molecule has 7 nitrogen and oxygen atoms in total. The maximum atomic E-state index is 12.9. The van der Waals surface area contributed by atoms with Gasteiger partial charge in [0, 0.05) is 36.9 Å². The summed E-state index contributed by atoms with van der Waals surface area (Å²) in [5.74, 6) is -0.257. The summed E-state index contributed by atoms with van der Waals surface area (Å²) in [5, 5.41) is 8.90. The number of hydrogen-bond donors (Lipinski definition) is 0. The summed E-state index contributed by atoms with van der Waals surface area (Å²) in [4.78, 5) is 27.1. The van der Waals surface area contributed by atoms with Crippen molar-refractivity contribution in [1.82, 2.24) is 19.4 Å². The Hall–Kier alpha value is -4.05. The van der Waals surface area contributed by atoms with Crippen LogP contribution in [-0.2, 0) is 0 Å². The maximum Gasteiger partial charge on any atom is 0.278 e. The molecule has 3 aromatic heterocycles. The summed E-state index contributed by atoms with van der Waals surface area (Å²) in [5.41, 5.74) is 3.88. The van der Waals surface area contributed by atoms with Gasteiger partial charge in [-0.3, -0.25) is 14.2 Å². The highest BCUT2D eigenvalue weighted by atomic mass is 16.2. The van der Waals surface area contributed by atoms with Crippen molar-refractivity contribution in [3.05, 3.63) is 78.6 Å². The Bertz CT molecular complexity index is 1160. The number of fused-ring (bicyclic) bond motifs is 1. The zero-order valence-electron chi connectivity index (χ0n) is 14.4. The van der Waals surface area contributed by atoms with E-state index in [2.05, 4.69) is 21.0 Å². The van der Waals surface area contributed by atoms with E-state index in [1.165, 1.54) is 4.90 Å². The molecule has 0 saturated heterocycles. The maximum absolute atomic E-state index is 12.9. The number of pyridine rings is 1. The molecule has 7 heteroatoms. The van der Waals surface area contributed by atoms with Crippen LogP contribution in [0.25, 0.3) is 16.9 Å². The Morgan fingerprint density at radius 3 is 2.63 bits per heavy atom. The van der Waals surface area contributed by atoms with Crippen molar-refractivity contribution in [3.8, 4) is 17.3 Å². The number of hydrogen-bond acceptors (Lipinski definition) is 5. The number of amides is 1. The lowest BCUT2D eigenvalue weighted by molar-refractivity contribution is 0.0988. The first kappa shape index (κ1) is 16.4. The van der Waals surface area contributed by atoms with Crippen LogP contribution < -0.4 is 4.90 Å². The molecule has 0 aliphatic heterocycles. The van der Waals surface area contributed by atoms with Crippen LogP contribution in [0.15, 0.2) is 67.4 Å². The molecule has 0 aliphatic carbocycles. The highest BCUT2D eigenvalue weighted by Gasteiger charge is 2.17. The first-order valence-electron chi connectivity index (χ1n) is 8.19. The smallest absolute Gasteiger partial charge is 0.278 e. The van der Waals surface area contributed by atoms with E-state index in [0.29, 0.717) is 16.9 Å². The monoisotopic (exact) mass is 354 g/mol. The molecule has 0 unspecified atom stereocenters. The van der Waals surface area contributed by atoms with Gasteiger partial charge in [-0.2, -0.15) is 5.26 Å². The Morgan fingerprint density at radius 1 is 1.11 bits per heavy atom. The summed E-state index contributed by atoms with van der Waals surface area (Å²) in [6.07, 6.45) is 8.42. The second-order valence-electron chi connectivity index (χ2n) is 5.91. The number of rotatable bonds is 3. The van der Waals surface area contributed by atoms with Gasteiger partial charge in [-0.15, -0.1) is 0 Å². The van der Waals surface area contributed by atoms with E-state index in [0.717, 1.165) is 11.3 Å². The molecular weight excluding hydrogens is 340 g/mol. The van der Waals surface area contributed by atoms with E-state index >= 15 is 0 Å². The molecule has 0 aliphatic rings. The minimum Gasteiger partial charge on any atom is -0.310 e. The van der Waals surface area contributed by atoms with E-state index in [9.17, 15) is 4.79 Å².